The van der Waals surface area contributed by atoms with Crippen molar-refractivity contribution in [2.75, 3.05) is 6.54 Å². The smallest absolute Gasteiger partial charge is 0.262 e. The summed E-state index contributed by atoms with van der Waals surface area (Å²) in [6.45, 7) is 1.48. The number of fused-ring (bicyclic) bond motifs is 1. The van der Waals surface area contributed by atoms with E-state index in [-0.39, 0.29) is 38.3 Å². The van der Waals surface area contributed by atoms with Gasteiger partial charge in [-0.2, -0.15) is 0 Å². The zero-order valence-electron chi connectivity index (χ0n) is 10.9. The van der Waals surface area contributed by atoms with Gasteiger partial charge >= 0.3 is 0 Å². The summed E-state index contributed by atoms with van der Waals surface area (Å²) in [6.07, 6.45) is 3.52. The van der Waals surface area contributed by atoms with Crippen molar-refractivity contribution < 1.29 is 5.11 Å². The van der Waals surface area contributed by atoms with Gasteiger partial charge in [-0.25, -0.2) is 8.91 Å². The topological polar surface area (TPSA) is 58.4 Å². The SMILES string of the molecule is O=c1c2c(Cl)cc(Cl)c(O)c2ncn1CC1CCCN1Br. The maximum absolute atomic E-state index is 12.6. The number of benzene rings is 1. The Balaban J connectivity index is 2.10. The first kappa shape index (κ1) is 15.1. The quantitative estimate of drug-likeness (QED) is 0.797. The summed E-state index contributed by atoms with van der Waals surface area (Å²) in [5.74, 6) is -0.219. The van der Waals surface area contributed by atoms with E-state index >= 15 is 0 Å². The van der Waals surface area contributed by atoms with Gasteiger partial charge in [-0.05, 0) is 18.9 Å². The number of rotatable bonds is 2. The lowest BCUT2D eigenvalue weighted by Gasteiger charge is -2.18. The minimum Gasteiger partial charge on any atom is -0.504 e. The van der Waals surface area contributed by atoms with E-state index in [1.807, 2.05) is 3.93 Å². The van der Waals surface area contributed by atoms with Crippen LogP contribution in [0.1, 0.15) is 12.8 Å². The summed E-state index contributed by atoms with van der Waals surface area (Å²) in [4.78, 5) is 16.7. The molecule has 1 aromatic carbocycles. The van der Waals surface area contributed by atoms with Gasteiger partial charge in [0.1, 0.15) is 5.52 Å². The molecule has 0 radical (unpaired) electrons. The molecule has 21 heavy (non-hydrogen) atoms. The molecule has 1 aromatic heterocycles. The van der Waals surface area contributed by atoms with Crippen LogP contribution in [0.3, 0.4) is 0 Å². The fourth-order valence-corrected chi connectivity index (χ4v) is 3.71. The zero-order valence-corrected chi connectivity index (χ0v) is 14.0. The van der Waals surface area contributed by atoms with E-state index in [0.717, 1.165) is 19.4 Å². The number of phenolic OH excluding ortho intramolecular Hbond substituents is 1. The third kappa shape index (κ3) is 2.65. The summed E-state index contributed by atoms with van der Waals surface area (Å²) in [6, 6.07) is 1.60. The van der Waals surface area contributed by atoms with Crippen molar-refractivity contribution in [3.8, 4) is 5.75 Å². The van der Waals surface area contributed by atoms with Crippen molar-refractivity contribution in [1.82, 2.24) is 13.5 Å². The van der Waals surface area contributed by atoms with Gasteiger partial charge in [0.25, 0.3) is 5.56 Å². The number of phenols is 1. The third-order valence-corrected chi connectivity index (χ3v) is 5.21. The Hall–Kier alpha value is -0.820. The molecule has 1 fully saturated rings. The Morgan fingerprint density at radius 2 is 2.19 bits per heavy atom. The van der Waals surface area contributed by atoms with E-state index in [1.54, 1.807) is 0 Å². The first-order valence-corrected chi connectivity index (χ1v) is 7.94. The van der Waals surface area contributed by atoms with Crippen molar-refractivity contribution in [2.45, 2.75) is 25.4 Å². The monoisotopic (exact) mass is 391 g/mol. The van der Waals surface area contributed by atoms with Crippen LogP contribution < -0.4 is 5.56 Å². The Morgan fingerprint density at radius 3 is 2.86 bits per heavy atom. The molecule has 8 heteroatoms. The Bertz CT molecular complexity index is 765. The summed E-state index contributed by atoms with van der Waals surface area (Å²) in [5, 5.41) is 10.4. The lowest BCUT2D eigenvalue weighted by atomic mass is 10.2. The molecule has 0 saturated carbocycles. The lowest BCUT2D eigenvalue weighted by molar-refractivity contribution is 0.391. The molecule has 1 saturated heterocycles. The highest BCUT2D eigenvalue weighted by Crippen LogP contribution is 2.34. The normalized spacial score (nSPS) is 19.5. The first-order chi connectivity index (χ1) is 9.99. The highest BCUT2D eigenvalue weighted by atomic mass is 79.9. The molecular formula is C13H12BrCl2N3O2. The highest BCUT2D eigenvalue weighted by Gasteiger charge is 2.24. The van der Waals surface area contributed by atoms with Crippen LogP contribution in [0.4, 0.5) is 0 Å². The minimum absolute atomic E-state index is 0.0829. The van der Waals surface area contributed by atoms with Gasteiger partial charge in [-0.15, -0.1) is 0 Å². The van der Waals surface area contributed by atoms with Gasteiger partial charge in [0.2, 0.25) is 0 Å². The number of hydrogen-bond acceptors (Lipinski definition) is 4. The number of aromatic hydroxyl groups is 1. The van der Waals surface area contributed by atoms with Crippen molar-refractivity contribution in [3.63, 3.8) is 0 Å². The fourth-order valence-electron chi connectivity index (χ4n) is 2.59. The Morgan fingerprint density at radius 1 is 1.43 bits per heavy atom. The van der Waals surface area contributed by atoms with Crippen LogP contribution in [-0.4, -0.2) is 31.2 Å². The zero-order chi connectivity index (χ0) is 15.1. The molecule has 2 aromatic rings. The second kappa shape index (κ2) is 5.76. The largest absolute Gasteiger partial charge is 0.504 e. The Labute approximate surface area is 139 Å². The van der Waals surface area contributed by atoms with Gasteiger partial charge in [-0.3, -0.25) is 9.36 Å². The van der Waals surface area contributed by atoms with Gasteiger partial charge in [0.15, 0.2) is 5.75 Å². The van der Waals surface area contributed by atoms with Gasteiger partial charge in [-0.1, -0.05) is 23.2 Å². The average molecular weight is 393 g/mol. The molecular weight excluding hydrogens is 381 g/mol. The second-order valence-electron chi connectivity index (χ2n) is 5.03. The molecule has 0 bridgehead atoms. The average Bonchev–Trinajstić information content (AvgIpc) is 2.84. The standard InChI is InChI=1S/C13H12BrCl2N3O2/c14-19-3-1-2-7(19)5-18-6-17-11-10(13(18)21)8(15)4-9(16)12(11)20/h4,6-7,20H,1-3,5H2. The van der Waals surface area contributed by atoms with Crippen LogP contribution in [-0.2, 0) is 6.54 Å². The van der Waals surface area contributed by atoms with Crippen LogP contribution in [0.2, 0.25) is 10.0 Å². The highest BCUT2D eigenvalue weighted by molar-refractivity contribution is 9.07. The van der Waals surface area contributed by atoms with Crippen LogP contribution >= 0.6 is 39.3 Å². The molecule has 1 unspecified atom stereocenters. The predicted octanol–water partition coefficient (Wildman–Crippen LogP) is 3.18. The molecule has 1 aliphatic heterocycles. The summed E-state index contributed by atoms with van der Waals surface area (Å²) < 4.78 is 3.57. The van der Waals surface area contributed by atoms with Crippen molar-refractivity contribution >= 4 is 50.3 Å². The molecule has 0 aliphatic carbocycles. The summed E-state index contributed by atoms with van der Waals surface area (Å²) in [7, 11) is 0. The first-order valence-electron chi connectivity index (χ1n) is 6.47. The van der Waals surface area contributed by atoms with Gasteiger partial charge in [0, 0.05) is 35.3 Å². The molecule has 1 aliphatic rings. The fraction of sp³-hybridized carbons (Fsp3) is 0.385. The molecule has 2 heterocycles. The number of halogens is 3. The molecule has 0 amide bonds. The maximum atomic E-state index is 12.6. The van der Waals surface area contributed by atoms with Crippen LogP contribution in [0.25, 0.3) is 10.9 Å². The minimum atomic E-state index is -0.273. The van der Waals surface area contributed by atoms with Crippen molar-refractivity contribution in [1.29, 1.82) is 0 Å². The maximum Gasteiger partial charge on any atom is 0.262 e. The van der Waals surface area contributed by atoms with E-state index in [1.165, 1.54) is 17.0 Å². The van der Waals surface area contributed by atoms with E-state index < -0.39 is 0 Å². The third-order valence-electron chi connectivity index (χ3n) is 3.69. The molecule has 112 valence electrons. The molecule has 3 rings (SSSR count). The van der Waals surface area contributed by atoms with Crippen LogP contribution in [0.15, 0.2) is 17.2 Å². The number of aromatic nitrogens is 2. The van der Waals surface area contributed by atoms with Crippen molar-refractivity contribution in [3.05, 3.63) is 32.8 Å². The molecule has 0 spiro atoms. The second-order valence-corrected chi connectivity index (χ2v) is 6.76. The summed E-state index contributed by atoms with van der Waals surface area (Å²) >= 11 is 15.4. The molecule has 5 nitrogen and oxygen atoms in total. The molecule has 1 N–H and O–H groups in total. The van der Waals surface area contributed by atoms with E-state index in [0.29, 0.717) is 6.54 Å². The van der Waals surface area contributed by atoms with E-state index in [2.05, 4.69) is 21.1 Å². The van der Waals surface area contributed by atoms with E-state index in [9.17, 15) is 9.90 Å². The van der Waals surface area contributed by atoms with Crippen molar-refractivity contribution in [2.24, 2.45) is 0 Å². The predicted molar refractivity (Wildman–Crippen MR) is 86.3 cm³/mol. The van der Waals surface area contributed by atoms with Gasteiger partial charge in [0.05, 0.1) is 21.8 Å². The molecule has 1 atom stereocenters. The number of hydrogen-bond donors (Lipinski definition) is 1. The van der Waals surface area contributed by atoms with E-state index in [4.69, 9.17) is 23.2 Å². The van der Waals surface area contributed by atoms with Crippen LogP contribution in [0, 0.1) is 0 Å². The Kier molecular flexibility index (Phi) is 4.14. The number of nitrogens with zero attached hydrogens (tertiary/aromatic N) is 3. The van der Waals surface area contributed by atoms with Crippen LogP contribution in [0.5, 0.6) is 5.75 Å². The van der Waals surface area contributed by atoms with Gasteiger partial charge < -0.3 is 5.11 Å². The summed E-state index contributed by atoms with van der Waals surface area (Å²) in [5.41, 5.74) is -0.138. The lowest BCUT2D eigenvalue weighted by Crippen LogP contribution is -2.31.